The van der Waals surface area contributed by atoms with Crippen LogP contribution in [0, 0.1) is 24.0 Å². The van der Waals surface area contributed by atoms with Crippen LogP contribution in [0.3, 0.4) is 0 Å². The van der Waals surface area contributed by atoms with Crippen molar-refractivity contribution in [2.75, 3.05) is 49.2 Å². The van der Waals surface area contributed by atoms with E-state index in [0.29, 0.717) is 55.3 Å². The lowest BCUT2D eigenvalue weighted by atomic mass is 9.87. The summed E-state index contributed by atoms with van der Waals surface area (Å²) in [4.78, 5) is 28.7. The Morgan fingerprint density at radius 3 is 2.71 bits per heavy atom. The molecule has 184 valence electrons. The summed E-state index contributed by atoms with van der Waals surface area (Å²) in [5.74, 6) is -1.61. The molecule has 2 radical (unpaired) electrons. The van der Waals surface area contributed by atoms with Gasteiger partial charge in [-0.2, -0.15) is 0 Å². The van der Waals surface area contributed by atoms with Crippen molar-refractivity contribution < 1.29 is 31.0 Å². The highest BCUT2D eigenvalue weighted by Crippen LogP contribution is 2.43. The Balaban J connectivity index is 0.00000190. The zero-order valence-corrected chi connectivity index (χ0v) is 19.0. The molecule has 10 heteroatoms. The smallest absolute Gasteiger partial charge is 0.326 e. The van der Waals surface area contributed by atoms with Crippen LogP contribution in [-0.2, 0) is 20.7 Å². The van der Waals surface area contributed by atoms with Gasteiger partial charge >= 0.3 is 7.48 Å². The largest absolute Gasteiger partial charge is 0.450 e. The number of rotatable bonds is 7. The predicted molar refractivity (Wildman–Crippen MR) is 132 cm³/mol. The second kappa shape index (κ2) is 9.79. The molecule has 5 rings (SSSR count). The Morgan fingerprint density at radius 1 is 1.17 bits per heavy atom. The third-order valence-electron chi connectivity index (χ3n) is 6.56. The van der Waals surface area contributed by atoms with E-state index in [1.807, 2.05) is 4.90 Å². The number of morpholine rings is 1. The van der Waals surface area contributed by atoms with Gasteiger partial charge in [-0.1, -0.05) is 17.6 Å². The van der Waals surface area contributed by atoms with Gasteiger partial charge in [0.2, 0.25) is 5.91 Å². The Kier molecular flexibility index (Phi) is 6.57. The summed E-state index contributed by atoms with van der Waals surface area (Å²) in [5, 5.41) is 11.9. The monoisotopic (exact) mass is 483 g/mol. The van der Waals surface area contributed by atoms with Gasteiger partial charge in [0.15, 0.2) is 0 Å². The van der Waals surface area contributed by atoms with Crippen molar-refractivity contribution in [1.82, 2.24) is 5.32 Å². The summed E-state index contributed by atoms with van der Waals surface area (Å²) in [6.07, 6.45) is 1.62. The Labute approximate surface area is 205 Å². The number of nitrogens with one attached hydrogen (secondary N) is 1. The number of benzene rings is 2. The van der Waals surface area contributed by atoms with Crippen molar-refractivity contribution in [3.63, 3.8) is 0 Å². The van der Waals surface area contributed by atoms with Gasteiger partial charge in [-0.3, -0.25) is 9.59 Å². The standard InChI is InChI=1S/C25H24BF2N3O4.2H2/c27-21-3-1-17(26-34)9-15(21)10-24(32)29-13-16-14-31(25(33)20-12-19(16)20)18-2-4-23(22(28)11-18)30-5-7-35-8-6-30;;/h1-4,9,11-12,16,34H,5-8,10,13-14H2,(H,29,32);2*1H/t16-;;/m0../s1. The average molecular weight is 483 g/mol. The maximum Gasteiger partial charge on any atom is 0.326 e. The number of halogens is 2. The first-order valence-corrected chi connectivity index (χ1v) is 11.5. The third kappa shape index (κ3) is 4.94. The molecule has 0 aromatic heterocycles. The molecule has 7 nitrogen and oxygen atoms in total. The van der Waals surface area contributed by atoms with Crippen LogP contribution in [0.15, 0.2) is 47.5 Å². The van der Waals surface area contributed by atoms with Crippen LogP contribution in [0.25, 0.3) is 0 Å². The fourth-order valence-electron chi connectivity index (χ4n) is 4.59. The first kappa shape index (κ1) is 23.5. The van der Waals surface area contributed by atoms with E-state index < -0.39 is 11.6 Å². The fourth-order valence-corrected chi connectivity index (χ4v) is 4.59. The summed E-state index contributed by atoms with van der Waals surface area (Å²) >= 11 is 0. The SMILES string of the molecule is O=C(Cc1cc([B]O)ccc1F)NC[C@H]1CN(c2ccc(N3CCOCC3)c(F)c2)C(=O)C2=C1[CH]2.[HH].[HH]. The second-order valence-electron chi connectivity index (χ2n) is 8.82. The highest BCUT2D eigenvalue weighted by molar-refractivity contribution is 6.45. The molecule has 1 aliphatic carbocycles. The Hall–Kier alpha value is -3.24. The van der Waals surface area contributed by atoms with Gasteiger partial charge in [0, 0.05) is 52.6 Å². The minimum Gasteiger partial charge on any atom is -0.450 e. The first-order chi connectivity index (χ1) is 16.9. The maximum absolute atomic E-state index is 14.9. The van der Waals surface area contributed by atoms with Crippen molar-refractivity contribution in [3.05, 3.63) is 71.2 Å². The van der Waals surface area contributed by atoms with Gasteiger partial charge in [-0.25, -0.2) is 8.78 Å². The van der Waals surface area contributed by atoms with Crippen LogP contribution in [-0.4, -0.2) is 63.7 Å². The second-order valence-corrected chi connectivity index (χ2v) is 8.82. The summed E-state index contributed by atoms with van der Waals surface area (Å²) in [7, 11) is 0.849. The maximum atomic E-state index is 14.9. The van der Waals surface area contributed by atoms with Gasteiger partial charge in [0.25, 0.3) is 5.91 Å². The molecule has 2 N–H and O–H groups in total. The zero-order valence-electron chi connectivity index (χ0n) is 19.0. The molecule has 2 aromatic rings. The topological polar surface area (TPSA) is 82.1 Å². The molecule has 0 saturated carbocycles. The molecule has 1 atom stereocenters. The van der Waals surface area contributed by atoms with E-state index in [9.17, 15) is 18.4 Å². The highest BCUT2D eigenvalue weighted by atomic mass is 19.1. The number of amides is 2. The Morgan fingerprint density at radius 2 is 1.97 bits per heavy atom. The zero-order chi connectivity index (χ0) is 24.5. The lowest BCUT2D eigenvalue weighted by Crippen LogP contribution is -2.42. The van der Waals surface area contributed by atoms with E-state index >= 15 is 0 Å². The van der Waals surface area contributed by atoms with E-state index in [-0.39, 0.29) is 39.1 Å². The average Bonchev–Trinajstić information content (AvgIpc) is 3.67. The van der Waals surface area contributed by atoms with Crippen LogP contribution >= 0.6 is 0 Å². The molecule has 1 saturated heterocycles. The van der Waals surface area contributed by atoms with Crippen molar-refractivity contribution in [2.45, 2.75) is 6.42 Å². The quantitative estimate of drug-likeness (QED) is 0.582. The third-order valence-corrected chi connectivity index (χ3v) is 6.56. The molecule has 1 fully saturated rings. The molecule has 0 bridgehead atoms. The normalized spacial score (nSPS) is 19.5. The van der Waals surface area contributed by atoms with E-state index in [0.717, 1.165) is 13.1 Å². The number of ether oxygens (including phenoxy) is 1. The van der Waals surface area contributed by atoms with Crippen LogP contribution in [0.2, 0.25) is 0 Å². The van der Waals surface area contributed by atoms with E-state index in [2.05, 4.69) is 5.32 Å². The lowest BCUT2D eigenvalue weighted by Gasteiger charge is -2.31. The van der Waals surface area contributed by atoms with Crippen LogP contribution in [0.5, 0.6) is 0 Å². The summed E-state index contributed by atoms with van der Waals surface area (Å²) in [6, 6.07) is 8.84. The van der Waals surface area contributed by atoms with Gasteiger partial charge in [-0.05, 0) is 35.4 Å². The first-order valence-electron chi connectivity index (χ1n) is 11.5. The number of anilines is 2. The molecule has 0 spiro atoms. The van der Waals surface area contributed by atoms with Gasteiger partial charge < -0.3 is 24.9 Å². The molecule has 2 aromatic carbocycles. The van der Waals surface area contributed by atoms with Crippen molar-refractivity contribution in [3.8, 4) is 0 Å². The molecule has 0 unspecified atom stereocenters. The van der Waals surface area contributed by atoms with Gasteiger partial charge in [0.1, 0.15) is 11.6 Å². The fraction of sp³-hybridized carbons (Fsp3) is 0.320. The molecule has 2 aliphatic heterocycles. The van der Waals surface area contributed by atoms with Gasteiger partial charge in [-0.15, -0.1) is 0 Å². The van der Waals surface area contributed by atoms with Crippen LogP contribution < -0.4 is 20.6 Å². The minimum atomic E-state index is -0.525. The van der Waals surface area contributed by atoms with Crippen LogP contribution in [0.1, 0.15) is 8.42 Å². The summed E-state index contributed by atoms with van der Waals surface area (Å²) < 4.78 is 34.3. The number of carbonyl (C=O) groups excluding carboxylic acids is 2. The summed E-state index contributed by atoms with van der Waals surface area (Å²) in [6.45, 7) is 2.87. The number of hydrogen-bond acceptors (Lipinski definition) is 5. The molecular formula is C25H28BF2N3O4. The van der Waals surface area contributed by atoms with Crippen LogP contribution in [0.4, 0.5) is 20.2 Å². The van der Waals surface area contributed by atoms with Gasteiger partial charge in [0.05, 0.1) is 25.3 Å². The predicted octanol–water partition coefficient (Wildman–Crippen LogP) is 1.37. The minimum absolute atomic E-state index is 0. The molecule has 2 heterocycles. The van der Waals surface area contributed by atoms with E-state index in [1.165, 1.54) is 29.2 Å². The number of carbonyl (C=O) groups is 2. The molecule has 3 aliphatic rings. The number of nitrogens with zero attached hydrogens (tertiary/aromatic N) is 2. The van der Waals surface area contributed by atoms with Crippen molar-refractivity contribution in [1.29, 1.82) is 0 Å². The highest BCUT2D eigenvalue weighted by Gasteiger charge is 2.43. The molecule has 35 heavy (non-hydrogen) atoms. The lowest BCUT2D eigenvalue weighted by molar-refractivity contribution is -0.120. The summed E-state index contributed by atoms with van der Waals surface area (Å²) in [5.41, 5.74) is 3.01. The van der Waals surface area contributed by atoms with Crippen molar-refractivity contribution >= 4 is 36.1 Å². The Bertz CT molecular complexity index is 1210. The van der Waals surface area contributed by atoms with E-state index in [1.54, 1.807) is 18.6 Å². The molecule has 2 amide bonds. The molecular weight excluding hydrogens is 455 g/mol. The van der Waals surface area contributed by atoms with Crippen molar-refractivity contribution in [2.24, 2.45) is 5.92 Å². The number of hydrogen-bond donors (Lipinski definition) is 2. The van der Waals surface area contributed by atoms with E-state index in [4.69, 9.17) is 9.76 Å².